The number of ether oxygens (including phenoxy) is 1. The number of esters is 1. The lowest BCUT2D eigenvalue weighted by atomic mass is 10.0. The third-order valence-corrected chi connectivity index (χ3v) is 17.2. The Morgan fingerprint density at radius 1 is 0.404 bits per heavy atom. The molecule has 514 valence electrons. The first-order chi connectivity index (χ1) is 43.4. The van der Waals surface area contributed by atoms with E-state index in [1.54, 1.807) is 0 Å². The molecule has 0 saturated heterocycles. The zero-order valence-electron chi connectivity index (χ0n) is 58.9. The van der Waals surface area contributed by atoms with Gasteiger partial charge in [0.1, 0.15) is 19.3 Å². The molecule has 0 spiro atoms. The summed E-state index contributed by atoms with van der Waals surface area (Å²) in [6.07, 6.45) is 93.6. The van der Waals surface area contributed by atoms with Crippen molar-refractivity contribution in [2.75, 3.05) is 40.9 Å². The van der Waals surface area contributed by atoms with Gasteiger partial charge in [-0.3, -0.25) is 14.2 Å². The molecule has 0 aromatic heterocycles. The molecule has 1 amide bonds. The van der Waals surface area contributed by atoms with Crippen LogP contribution in [0, 0.1) is 0 Å². The number of hydrogen-bond acceptors (Lipinski definition) is 7. The van der Waals surface area contributed by atoms with Crippen LogP contribution in [0.1, 0.15) is 329 Å². The summed E-state index contributed by atoms with van der Waals surface area (Å²) in [5.74, 6) is -0.565. The average molecular weight is 1260 g/mol. The highest BCUT2D eigenvalue weighted by atomic mass is 31.2. The maximum atomic E-state index is 13.6. The quantitative estimate of drug-likeness (QED) is 0.0212. The minimum absolute atomic E-state index is 0.0315. The van der Waals surface area contributed by atoms with Crippen LogP contribution in [0.5, 0.6) is 0 Å². The standard InChI is InChI=1S/C79H141N2O7P/c1-7-10-13-16-19-22-25-28-30-32-34-36-38-39-40-41-43-45-47-49-51-54-57-60-63-66-69-72-79(83)88-77(70-67-64-61-58-55-52-27-24-21-18-15-12-9-3)76(75-87-89(84,85)86-74-73-81(4,5)6)80-78(82)71-68-65-62-59-56-53-50-48-46-44-42-37-35-33-31-29-26-23-20-17-14-11-8-2/h11,14,19-20,22-23,28-31,35,37,44,46,50,53,67,70,76-77H,7-10,12-13,15-18,21,24-27,32-34,36,38-43,45,47-49,51-52,54-66,68-69,71-75H2,1-6H3,(H-,80,82,84,85)/b14-11-,22-19-,23-20-,30-28-,31-29-,37-35-,46-44-,53-50-,70-67+. The van der Waals surface area contributed by atoms with Crippen molar-refractivity contribution in [3.63, 3.8) is 0 Å². The summed E-state index contributed by atoms with van der Waals surface area (Å²) in [7, 11) is 1.16. The fraction of sp³-hybridized carbons (Fsp3) is 0.747. The van der Waals surface area contributed by atoms with Gasteiger partial charge in [-0.05, 0) is 115 Å². The number of unbranched alkanes of at least 4 members (excludes halogenated alkanes) is 35. The van der Waals surface area contributed by atoms with E-state index in [1.807, 2.05) is 33.3 Å². The Labute approximate surface area is 551 Å². The van der Waals surface area contributed by atoms with Crippen molar-refractivity contribution in [2.45, 2.75) is 341 Å². The van der Waals surface area contributed by atoms with Gasteiger partial charge in [-0.1, -0.05) is 310 Å². The number of rotatable bonds is 67. The topological polar surface area (TPSA) is 114 Å². The molecule has 9 nitrogen and oxygen atoms in total. The molecule has 3 atom stereocenters. The summed E-state index contributed by atoms with van der Waals surface area (Å²) in [4.78, 5) is 40.3. The van der Waals surface area contributed by atoms with Crippen LogP contribution in [-0.4, -0.2) is 69.4 Å². The lowest BCUT2D eigenvalue weighted by Gasteiger charge is -2.30. The van der Waals surface area contributed by atoms with Gasteiger partial charge < -0.3 is 28.5 Å². The van der Waals surface area contributed by atoms with Crippen molar-refractivity contribution in [3.05, 3.63) is 109 Å². The van der Waals surface area contributed by atoms with E-state index in [4.69, 9.17) is 13.8 Å². The van der Waals surface area contributed by atoms with E-state index < -0.39 is 26.6 Å². The van der Waals surface area contributed by atoms with Gasteiger partial charge in [0.15, 0.2) is 0 Å². The number of nitrogens with one attached hydrogen (secondary N) is 1. The number of phosphoric ester groups is 1. The van der Waals surface area contributed by atoms with Crippen LogP contribution in [0.2, 0.25) is 0 Å². The second kappa shape index (κ2) is 67.6. The van der Waals surface area contributed by atoms with Gasteiger partial charge in [0.2, 0.25) is 5.91 Å². The van der Waals surface area contributed by atoms with Crippen LogP contribution < -0.4 is 10.2 Å². The first-order valence-corrected chi connectivity index (χ1v) is 38.7. The number of carbonyl (C=O) groups excluding carboxylic acids is 2. The first kappa shape index (κ1) is 85.7. The molecule has 0 saturated carbocycles. The zero-order valence-corrected chi connectivity index (χ0v) is 59.8. The number of likely N-dealkylation sites (N-methyl/N-ethyl adjacent to an activating group) is 1. The fourth-order valence-electron chi connectivity index (χ4n) is 10.5. The van der Waals surface area contributed by atoms with Crippen molar-refractivity contribution in [1.82, 2.24) is 5.32 Å². The monoisotopic (exact) mass is 1260 g/mol. The van der Waals surface area contributed by atoms with Crippen molar-refractivity contribution >= 4 is 19.7 Å². The molecule has 0 aliphatic heterocycles. The molecular formula is C79H141N2O7P. The Hall–Kier alpha value is -3.33. The summed E-state index contributed by atoms with van der Waals surface area (Å²) >= 11 is 0. The summed E-state index contributed by atoms with van der Waals surface area (Å²) < 4.78 is 30.5. The van der Waals surface area contributed by atoms with Crippen LogP contribution in [0.3, 0.4) is 0 Å². The smallest absolute Gasteiger partial charge is 0.306 e. The van der Waals surface area contributed by atoms with Gasteiger partial charge in [-0.25, -0.2) is 0 Å². The Bertz CT molecular complexity index is 1890. The van der Waals surface area contributed by atoms with Crippen molar-refractivity contribution in [3.8, 4) is 0 Å². The number of quaternary nitrogens is 1. The number of nitrogens with zero attached hydrogens (tertiary/aromatic N) is 1. The van der Waals surface area contributed by atoms with Gasteiger partial charge in [-0.15, -0.1) is 0 Å². The van der Waals surface area contributed by atoms with Crippen molar-refractivity contribution < 1.29 is 37.3 Å². The summed E-state index contributed by atoms with van der Waals surface area (Å²) in [5, 5.41) is 3.03. The maximum Gasteiger partial charge on any atom is 0.306 e. The zero-order chi connectivity index (χ0) is 64.9. The molecule has 0 aromatic carbocycles. The molecule has 0 radical (unpaired) electrons. The second-order valence-electron chi connectivity index (χ2n) is 26.1. The predicted molar refractivity (Wildman–Crippen MR) is 385 cm³/mol. The number of carbonyl (C=O) groups is 2. The number of phosphoric acid groups is 1. The lowest BCUT2D eigenvalue weighted by molar-refractivity contribution is -0.870. The largest absolute Gasteiger partial charge is 0.756 e. The Morgan fingerprint density at radius 2 is 0.719 bits per heavy atom. The molecule has 89 heavy (non-hydrogen) atoms. The van der Waals surface area contributed by atoms with E-state index in [9.17, 15) is 19.0 Å². The molecule has 0 heterocycles. The molecule has 0 fully saturated rings. The van der Waals surface area contributed by atoms with E-state index in [2.05, 4.69) is 123 Å². The number of allylic oxidation sites excluding steroid dienone is 17. The lowest BCUT2D eigenvalue weighted by Crippen LogP contribution is -2.47. The van der Waals surface area contributed by atoms with E-state index in [-0.39, 0.29) is 31.3 Å². The van der Waals surface area contributed by atoms with Crippen molar-refractivity contribution in [2.24, 2.45) is 0 Å². The van der Waals surface area contributed by atoms with E-state index in [0.29, 0.717) is 17.4 Å². The molecule has 0 rings (SSSR count). The molecule has 0 aromatic rings. The van der Waals surface area contributed by atoms with Gasteiger partial charge in [0, 0.05) is 12.8 Å². The summed E-state index contributed by atoms with van der Waals surface area (Å²) in [6.45, 7) is 6.71. The molecular weight excluding hydrogens is 1120 g/mol. The van der Waals surface area contributed by atoms with Crippen LogP contribution in [0.4, 0.5) is 0 Å². The molecule has 10 heteroatoms. The predicted octanol–water partition coefficient (Wildman–Crippen LogP) is 23.4. The van der Waals surface area contributed by atoms with Crippen molar-refractivity contribution in [1.29, 1.82) is 0 Å². The third kappa shape index (κ3) is 68.9. The van der Waals surface area contributed by atoms with Crippen LogP contribution in [0.15, 0.2) is 109 Å². The fourth-order valence-corrected chi connectivity index (χ4v) is 11.2. The summed E-state index contributed by atoms with van der Waals surface area (Å²) in [5.41, 5.74) is 0. The van der Waals surface area contributed by atoms with Crippen LogP contribution >= 0.6 is 7.82 Å². The van der Waals surface area contributed by atoms with Gasteiger partial charge >= 0.3 is 5.97 Å². The highest BCUT2D eigenvalue weighted by molar-refractivity contribution is 7.45. The highest BCUT2D eigenvalue weighted by Gasteiger charge is 2.27. The van der Waals surface area contributed by atoms with Crippen LogP contribution in [0.25, 0.3) is 0 Å². The van der Waals surface area contributed by atoms with Gasteiger partial charge in [0.05, 0.1) is 33.8 Å². The van der Waals surface area contributed by atoms with Gasteiger partial charge in [-0.2, -0.15) is 0 Å². The van der Waals surface area contributed by atoms with E-state index in [0.717, 1.165) is 109 Å². The molecule has 1 N–H and O–H groups in total. The van der Waals surface area contributed by atoms with Gasteiger partial charge in [0.25, 0.3) is 7.82 Å². The molecule has 3 unspecified atom stereocenters. The molecule has 0 aliphatic rings. The third-order valence-electron chi connectivity index (χ3n) is 16.2. The Balaban J connectivity index is 5.09. The Kier molecular flexibility index (Phi) is 65.0. The maximum absolute atomic E-state index is 13.6. The summed E-state index contributed by atoms with van der Waals surface area (Å²) in [6, 6.07) is -0.909. The second-order valence-corrected chi connectivity index (χ2v) is 27.5. The highest BCUT2D eigenvalue weighted by Crippen LogP contribution is 2.38. The molecule has 0 aliphatic carbocycles. The minimum Gasteiger partial charge on any atom is -0.756 e. The average Bonchev–Trinajstić information content (AvgIpc) is 3.64. The van der Waals surface area contributed by atoms with Crippen LogP contribution in [-0.2, 0) is 27.9 Å². The van der Waals surface area contributed by atoms with E-state index in [1.165, 1.54) is 180 Å². The normalized spacial score (nSPS) is 14.1. The minimum atomic E-state index is -4.72. The SMILES string of the molecule is CC/C=C\C/C=C\C/C=C\C/C=C\C/C=C\C/C=C\CCCCCCC(=O)NC(COP(=O)([O-])OCC[N+](C)(C)C)C(/C=C/CCCCCCCCCCCCC)OC(=O)CCCCCCCCCCCCCCCCCCC/C=C\C/C=C\CCCCC. The Morgan fingerprint density at radius 3 is 1.10 bits per heavy atom. The number of amides is 1. The number of hydrogen-bond donors (Lipinski definition) is 1. The van der Waals surface area contributed by atoms with E-state index >= 15 is 0 Å². The molecule has 0 bridgehead atoms. The first-order valence-electron chi connectivity index (χ1n) is 37.2.